The second-order valence-electron chi connectivity index (χ2n) is 5.28. The summed E-state index contributed by atoms with van der Waals surface area (Å²) in [7, 11) is 0. The third-order valence-corrected chi connectivity index (χ3v) is 3.86. The molecule has 0 aromatic heterocycles. The van der Waals surface area contributed by atoms with Gasteiger partial charge in [0.2, 0.25) is 0 Å². The minimum Gasteiger partial charge on any atom is -0.381 e. The summed E-state index contributed by atoms with van der Waals surface area (Å²) in [6, 6.07) is 10.7. The zero-order valence-electron chi connectivity index (χ0n) is 11.8. The van der Waals surface area contributed by atoms with Gasteiger partial charge in [-0.15, -0.1) is 0 Å². The van der Waals surface area contributed by atoms with Gasteiger partial charge < -0.3 is 5.11 Å². The van der Waals surface area contributed by atoms with Crippen LogP contribution in [-0.2, 0) is 5.60 Å². The molecule has 100 valence electrons. The van der Waals surface area contributed by atoms with Gasteiger partial charge in [0, 0.05) is 0 Å². The number of hydrogen-bond acceptors (Lipinski definition) is 1. The van der Waals surface area contributed by atoms with Crippen LogP contribution in [0.2, 0.25) is 0 Å². The Balaban J connectivity index is 2.58. The lowest BCUT2D eigenvalue weighted by Gasteiger charge is -2.27. The van der Waals surface area contributed by atoms with Crippen molar-refractivity contribution >= 4 is 0 Å². The van der Waals surface area contributed by atoms with Gasteiger partial charge in [0.25, 0.3) is 0 Å². The summed E-state index contributed by atoms with van der Waals surface area (Å²) >= 11 is 0. The largest absolute Gasteiger partial charge is 0.381 e. The van der Waals surface area contributed by atoms with E-state index in [1.54, 1.807) is 26.0 Å². The molecule has 0 spiro atoms. The molecule has 0 aliphatic carbocycles. The van der Waals surface area contributed by atoms with E-state index in [9.17, 15) is 9.50 Å². The number of aliphatic hydroxyl groups is 1. The van der Waals surface area contributed by atoms with E-state index >= 15 is 0 Å². The van der Waals surface area contributed by atoms with Crippen molar-refractivity contribution in [3.8, 4) is 0 Å². The van der Waals surface area contributed by atoms with Crippen LogP contribution in [0.1, 0.15) is 34.7 Å². The average molecular weight is 258 g/mol. The molecular weight excluding hydrogens is 239 g/mol. The molecule has 2 heteroatoms. The van der Waals surface area contributed by atoms with Crippen molar-refractivity contribution in [1.29, 1.82) is 0 Å². The third-order valence-electron chi connectivity index (χ3n) is 3.86. The molecule has 1 unspecified atom stereocenters. The molecule has 0 fully saturated rings. The fourth-order valence-corrected chi connectivity index (χ4v) is 2.33. The Labute approximate surface area is 113 Å². The molecular formula is C17H19FO. The monoisotopic (exact) mass is 258 g/mol. The molecule has 0 aliphatic heterocycles. The molecule has 1 nitrogen and oxygen atoms in total. The summed E-state index contributed by atoms with van der Waals surface area (Å²) in [5.41, 5.74) is 2.93. The third kappa shape index (κ3) is 2.41. The van der Waals surface area contributed by atoms with E-state index in [1.165, 1.54) is 6.07 Å². The van der Waals surface area contributed by atoms with Crippen LogP contribution < -0.4 is 0 Å². The highest BCUT2D eigenvalue weighted by Crippen LogP contribution is 2.33. The molecule has 0 saturated heterocycles. The number of aryl methyl sites for hydroxylation is 2. The summed E-state index contributed by atoms with van der Waals surface area (Å²) in [5.74, 6) is -0.289. The Morgan fingerprint density at radius 2 is 1.68 bits per heavy atom. The van der Waals surface area contributed by atoms with Crippen molar-refractivity contribution in [1.82, 2.24) is 0 Å². The molecule has 0 heterocycles. The van der Waals surface area contributed by atoms with E-state index in [1.807, 2.05) is 32.0 Å². The minimum atomic E-state index is -1.19. The number of hydrogen-bond donors (Lipinski definition) is 1. The maximum absolute atomic E-state index is 13.7. The number of rotatable bonds is 2. The summed E-state index contributed by atoms with van der Waals surface area (Å²) in [6.07, 6.45) is 0. The van der Waals surface area contributed by atoms with Gasteiger partial charge in [0.1, 0.15) is 11.4 Å². The Morgan fingerprint density at radius 1 is 1.00 bits per heavy atom. The van der Waals surface area contributed by atoms with Gasteiger partial charge in [-0.2, -0.15) is 0 Å². The molecule has 0 amide bonds. The van der Waals surface area contributed by atoms with E-state index in [-0.39, 0.29) is 5.82 Å². The highest BCUT2D eigenvalue weighted by Gasteiger charge is 2.28. The lowest BCUT2D eigenvalue weighted by Crippen LogP contribution is -2.24. The summed E-state index contributed by atoms with van der Waals surface area (Å²) < 4.78 is 13.7. The van der Waals surface area contributed by atoms with Crippen LogP contribution >= 0.6 is 0 Å². The van der Waals surface area contributed by atoms with Crippen molar-refractivity contribution in [3.63, 3.8) is 0 Å². The van der Waals surface area contributed by atoms with Crippen molar-refractivity contribution in [2.24, 2.45) is 0 Å². The normalized spacial score (nSPS) is 14.2. The smallest absolute Gasteiger partial charge is 0.126 e. The van der Waals surface area contributed by atoms with Crippen LogP contribution in [0, 0.1) is 26.6 Å². The highest BCUT2D eigenvalue weighted by atomic mass is 19.1. The maximum Gasteiger partial charge on any atom is 0.126 e. The second-order valence-corrected chi connectivity index (χ2v) is 5.28. The fourth-order valence-electron chi connectivity index (χ4n) is 2.33. The molecule has 1 N–H and O–H groups in total. The van der Waals surface area contributed by atoms with Crippen molar-refractivity contribution < 1.29 is 9.50 Å². The first-order valence-corrected chi connectivity index (χ1v) is 6.39. The quantitative estimate of drug-likeness (QED) is 0.863. The van der Waals surface area contributed by atoms with E-state index in [2.05, 4.69) is 0 Å². The lowest BCUT2D eigenvalue weighted by molar-refractivity contribution is 0.101. The molecule has 0 aliphatic rings. The Bertz CT molecular complexity index is 615. The van der Waals surface area contributed by atoms with Crippen LogP contribution in [0.3, 0.4) is 0 Å². The Morgan fingerprint density at radius 3 is 2.32 bits per heavy atom. The Kier molecular flexibility index (Phi) is 3.46. The summed E-state index contributed by atoms with van der Waals surface area (Å²) in [6.45, 7) is 7.40. The van der Waals surface area contributed by atoms with E-state index in [4.69, 9.17) is 0 Å². The van der Waals surface area contributed by atoms with Crippen molar-refractivity contribution in [2.75, 3.05) is 0 Å². The van der Waals surface area contributed by atoms with Crippen LogP contribution in [-0.4, -0.2) is 5.11 Å². The van der Waals surface area contributed by atoms with Crippen molar-refractivity contribution in [2.45, 2.75) is 33.3 Å². The van der Waals surface area contributed by atoms with Crippen LogP contribution in [0.4, 0.5) is 4.39 Å². The second kappa shape index (κ2) is 4.78. The van der Waals surface area contributed by atoms with E-state index in [0.29, 0.717) is 11.1 Å². The van der Waals surface area contributed by atoms with Crippen LogP contribution in [0.25, 0.3) is 0 Å². The maximum atomic E-state index is 13.7. The SMILES string of the molecule is Cc1ccc(C(C)(O)c2cccc(C)c2C)cc1F. The molecule has 0 bridgehead atoms. The zero-order chi connectivity index (χ0) is 14.2. The minimum absolute atomic E-state index is 0.289. The molecule has 0 radical (unpaired) electrons. The highest BCUT2D eigenvalue weighted by molar-refractivity contribution is 5.43. The lowest BCUT2D eigenvalue weighted by atomic mass is 9.84. The van der Waals surface area contributed by atoms with Gasteiger partial charge in [0.15, 0.2) is 0 Å². The number of benzene rings is 2. The van der Waals surface area contributed by atoms with E-state index in [0.717, 1.165) is 16.7 Å². The predicted molar refractivity (Wildman–Crippen MR) is 75.7 cm³/mol. The molecule has 2 aromatic carbocycles. The first-order valence-electron chi connectivity index (χ1n) is 6.39. The Hall–Kier alpha value is -1.67. The molecule has 0 saturated carbocycles. The number of halogens is 1. The van der Waals surface area contributed by atoms with Gasteiger partial charge in [-0.1, -0.05) is 30.3 Å². The summed E-state index contributed by atoms with van der Waals surface area (Å²) in [4.78, 5) is 0. The van der Waals surface area contributed by atoms with Gasteiger partial charge in [0.05, 0.1) is 0 Å². The average Bonchev–Trinajstić information content (AvgIpc) is 2.35. The van der Waals surface area contributed by atoms with Crippen molar-refractivity contribution in [3.05, 3.63) is 70.0 Å². The molecule has 19 heavy (non-hydrogen) atoms. The van der Waals surface area contributed by atoms with Gasteiger partial charge in [-0.25, -0.2) is 4.39 Å². The topological polar surface area (TPSA) is 20.2 Å². The first kappa shape index (κ1) is 13.8. The molecule has 2 rings (SSSR count). The predicted octanol–water partition coefficient (Wildman–Crippen LogP) is 4.01. The van der Waals surface area contributed by atoms with Crippen LogP contribution in [0.5, 0.6) is 0 Å². The first-order chi connectivity index (χ1) is 8.84. The van der Waals surface area contributed by atoms with Gasteiger partial charge >= 0.3 is 0 Å². The fraction of sp³-hybridized carbons (Fsp3) is 0.294. The van der Waals surface area contributed by atoms with Gasteiger partial charge in [-0.3, -0.25) is 0 Å². The molecule has 2 aromatic rings. The standard InChI is InChI=1S/C17H19FO/c1-11-6-5-7-15(13(11)3)17(4,19)14-9-8-12(2)16(18)10-14/h5-10,19H,1-4H3. The zero-order valence-corrected chi connectivity index (χ0v) is 11.8. The van der Waals surface area contributed by atoms with Crippen LogP contribution in [0.15, 0.2) is 36.4 Å². The molecule has 1 atom stereocenters. The van der Waals surface area contributed by atoms with E-state index < -0.39 is 5.60 Å². The van der Waals surface area contributed by atoms with Gasteiger partial charge in [-0.05, 0) is 61.6 Å². The summed E-state index contributed by atoms with van der Waals surface area (Å²) in [5, 5.41) is 10.8.